The van der Waals surface area contributed by atoms with E-state index in [1.807, 2.05) is 99.4 Å². The summed E-state index contributed by atoms with van der Waals surface area (Å²) < 4.78 is -0.924. The number of para-hydroxylation sites is 1. The highest BCUT2D eigenvalue weighted by Crippen LogP contribution is 2.61. The molecule has 4 aliphatic rings. The third-order valence-corrected chi connectivity index (χ3v) is 11.2. The summed E-state index contributed by atoms with van der Waals surface area (Å²) in [6, 6.07) is 14.5. The first-order chi connectivity index (χ1) is 20.2. The van der Waals surface area contributed by atoms with Crippen LogP contribution in [0.4, 0.5) is 5.69 Å². The molecule has 4 aliphatic heterocycles. The highest BCUT2D eigenvalue weighted by Gasteiger charge is 2.72. The zero-order valence-corrected chi connectivity index (χ0v) is 25.5. The van der Waals surface area contributed by atoms with Gasteiger partial charge >= 0.3 is 0 Å². The van der Waals surface area contributed by atoms with Crippen LogP contribution in [0.5, 0.6) is 0 Å². The van der Waals surface area contributed by atoms with E-state index in [0.29, 0.717) is 19.6 Å². The van der Waals surface area contributed by atoms with Crippen LogP contribution in [-0.4, -0.2) is 74.4 Å². The molecule has 1 unspecified atom stereocenters. The smallest absolute Gasteiger partial charge is 0.251 e. The van der Waals surface area contributed by atoms with Gasteiger partial charge in [0.15, 0.2) is 0 Å². The van der Waals surface area contributed by atoms with Gasteiger partial charge in [-0.25, -0.2) is 0 Å². The fraction of sp³-hybridized carbons (Fsp3) is 0.441. The Morgan fingerprint density at radius 2 is 1.64 bits per heavy atom. The molecule has 2 aromatic carbocycles. The van der Waals surface area contributed by atoms with Crippen molar-refractivity contribution in [3.8, 4) is 0 Å². The van der Waals surface area contributed by atoms with Crippen LogP contribution in [0, 0.1) is 31.6 Å². The molecule has 3 amide bonds. The zero-order valence-electron chi connectivity index (χ0n) is 24.6. The molecule has 220 valence electrons. The molecule has 4 heterocycles. The standard InChI is InChI=1S/C34H39N3O4S/c1-21(2)25(20-38)37-30-33(41)36(29-22(3)11-8-12-23(29)4)18-10-16-34(30)28(32(37)40)27-26(42-34)15-9-17-35(31(27)39)19-24-13-6-5-7-14-24/h5-16,21,25-28,30,38H,17-20H2,1-4H3/t25-,26-,27+,28-,30?,34-/m0/s1. The van der Waals surface area contributed by atoms with Crippen molar-refractivity contribution in [1.82, 2.24) is 9.80 Å². The summed E-state index contributed by atoms with van der Waals surface area (Å²) in [5.74, 6) is -1.82. The van der Waals surface area contributed by atoms with Crippen LogP contribution in [0.2, 0.25) is 0 Å². The van der Waals surface area contributed by atoms with Gasteiger partial charge < -0.3 is 19.8 Å². The number of likely N-dealkylation sites (tertiary alicyclic amines) is 1. The van der Waals surface area contributed by atoms with Crippen LogP contribution in [0.1, 0.15) is 30.5 Å². The first-order valence-corrected chi connectivity index (χ1v) is 15.7. The Labute approximate surface area is 252 Å². The van der Waals surface area contributed by atoms with Crippen molar-refractivity contribution >= 4 is 35.2 Å². The van der Waals surface area contributed by atoms with Crippen LogP contribution >= 0.6 is 11.8 Å². The fourth-order valence-corrected chi connectivity index (χ4v) is 9.48. The Bertz CT molecular complexity index is 1440. The molecule has 0 saturated carbocycles. The monoisotopic (exact) mass is 585 g/mol. The van der Waals surface area contributed by atoms with Crippen molar-refractivity contribution in [2.75, 3.05) is 24.6 Å². The number of aryl methyl sites for hydroxylation is 2. The highest BCUT2D eigenvalue weighted by molar-refractivity contribution is 8.02. The largest absolute Gasteiger partial charge is 0.394 e. The maximum atomic E-state index is 14.8. The van der Waals surface area contributed by atoms with Crippen molar-refractivity contribution in [3.63, 3.8) is 0 Å². The molecule has 2 saturated heterocycles. The number of aliphatic hydroxyl groups excluding tert-OH is 1. The number of thioether (sulfide) groups is 1. The van der Waals surface area contributed by atoms with E-state index in [1.165, 1.54) is 0 Å². The minimum atomic E-state index is -0.924. The molecule has 6 atom stereocenters. The molecule has 42 heavy (non-hydrogen) atoms. The number of nitrogens with zero attached hydrogens (tertiary/aromatic N) is 3. The fourth-order valence-electron chi connectivity index (χ4n) is 7.48. The number of benzene rings is 2. The predicted molar refractivity (Wildman–Crippen MR) is 166 cm³/mol. The minimum absolute atomic E-state index is 0.0565. The van der Waals surface area contributed by atoms with E-state index in [1.54, 1.807) is 21.6 Å². The molecule has 2 fully saturated rings. The summed E-state index contributed by atoms with van der Waals surface area (Å²) in [4.78, 5) is 49.1. The molecule has 1 spiro atoms. The van der Waals surface area contributed by atoms with Crippen molar-refractivity contribution in [2.24, 2.45) is 17.8 Å². The Hall–Kier alpha value is -3.36. The minimum Gasteiger partial charge on any atom is -0.394 e. The first kappa shape index (κ1) is 28.7. The molecule has 6 rings (SSSR count). The number of rotatable bonds is 6. The van der Waals surface area contributed by atoms with E-state index >= 15 is 0 Å². The van der Waals surface area contributed by atoms with Gasteiger partial charge in [-0.1, -0.05) is 86.7 Å². The number of hydrogen-bond acceptors (Lipinski definition) is 5. The summed E-state index contributed by atoms with van der Waals surface area (Å²) in [5.41, 5.74) is 3.86. The van der Waals surface area contributed by atoms with E-state index in [9.17, 15) is 19.5 Å². The van der Waals surface area contributed by atoms with Gasteiger partial charge in [0.05, 0.1) is 29.2 Å². The lowest BCUT2D eigenvalue weighted by Crippen LogP contribution is -2.58. The van der Waals surface area contributed by atoms with Crippen molar-refractivity contribution in [3.05, 3.63) is 89.5 Å². The maximum Gasteiger partial charge on any atom is 0.251 e. The van der Waals surface area contributed by atoms with Gasteiger partial charge in [0, 0.05) is 30.6 Å². The van der Waals surface area contributed by atoms with E-state index in [0.717, 1.165) is 22.4 Å². The van der Waals surface area contributed by atoms with Gasteiger partial charge in [0.2, 0.25) is 11.8 Å². The lowest BCUT2D eigenvalue weighted by molar-refractivity contribution is -0.145. The number of fused-ring (bicyclic) bond motifs is 2. The van der Waals surface area contributed by atoms with Crippen LogP contribution in [-0.2, 0) is 20.9 Å². The predicted octanol–water partition coefficient (Wildman–Crippen LogP) is 4.12. The summed E-state index contributed by atoms with van der Waals surface area (Å²) in [6.07, 6.45) is 8.15. The molecule has 0 radical (unpaired) electrons. The lowest BCUT2D eigenvalue weighted by atomic mass is 9.78. The second-order valence-corrected chi connectivity index (χ2v) is 13.8. The van der Waals surface area contributed by atoms with Gasteiger partial charge in [-0.3, -0.25) is 14.4 Å². The molecular weight excluding hydrogens is 546 g/mol. The summed E-state index contributed by atoms with van der Waals surface area (Å²) in [7, 11) is 0. The van der Waals surface area contributed by atoms with Crippen LogP contribution in [0.15, 0.2) is 72.8 Å². The maximum absolute atomic E-state index is 14.8. The quantitative estimate of drug-likeness (QED) is 0.516. The van der Waals surface area contributed by atoms with E-state index in [4.69, 9.17) is 0 Å². The normalized spacial score (nSPS) is 29.5. The van der Waals surface area contributed by atoms with E-state index in [-0.39, 0.29) is 35.5 Å². The number of carbonyl (C=O) groups is 3. The van der Waals surface area contributed by atoms with Crippen molar-refractivity contribution < 1.29 is 19.5 Å². The van der Waals surface area contributed by atoms with E-state index in [2.05, 4.69) is 6.08 Å². The molecular formula is C34H39N3O4S. The first-order valence-electron chi connectivity index (χ1n) is 14.8. The molecule has 1 N–H and O–H groups in total. The molecule has 0 bridgehead atoms. The van der Waals surface area contributed by atoms with E-state index < -0.39 is 28.7 Å². The van der Waals surface area contributed by atoms with Gasteiger partial charge in [-0.15, -0.1) is 11.8 Å². The average molecular weight is 586 g/mol. The summed E-state index contributed by atoms with van der Waals surface area (Å²) >= 11 is 1.58. The second kappa shape index (κ2) is 11.0. The number of carbonyl (C=O) groups excluding carboxylic acids is 3. The van der Waals surface area contributed by atoms with Crippen LogP contribution in [0.25, 0.3) is 0 Å². The Morgan fingerprint density at radius 1 is 0.929 bits per heavy atom. The summed E-state index contributed by atoms with van der Waals surface area (Å²) in [6.45, 7) is 8.98. The number of anilines is 1. The molecule has 8 heteroatoms. The zero-order chi connectivity index (χ0) is 29.8. The van der Waals surface area contributed by atoms with Crippen molar-refractivity contribution in [2.45, 2.75) is 56.3 Å². The van der Waals surface area contributed by atoms with Crippen LogP contribution in [0.3, 0.4) is 0 Å². The third-order valence-electron chi connectivity index (χ3n) is 9.42. The number of amides is 3. The van der Waals surface area contributed by atoms with Crippen LogP contribution < -0.4 is 4.90 Å². The van der Waals surface area contributed by atoms with Gasteiger partial charge in [0.1, 0.15) is 6.04 Å². The van der Waals surface area contributed by atoms with Gasteiger partial charge in [-0.2, -0.15) is 0 Å². The van der Waals surface area contributed by atoms with Gasteiger partial charge in [-0.05, 0) is 36.5 Å². The van der Waals surface area contributed by atoms with Crippen molar-refractivity contribution in [1.29, 1.82) is 0 Å². The third kappa shape index (κ3) is 4.42. The Morgan fingerprint density at radius 3 is 2.31 bits per heavy atom. The Kier molecular flexibility index (Phi) is 7.56. The topological polar surface area (TPSA) is 81.2 Å². The SMILES string of the molecule is Cc1cccc(C)c1N1CC=C[C@]23S[C@H]4C=CCN(Cc5ccccc5)C(=O)[C@H]4[C@H]2C(=O)N([C@@H](CO)C(C)C)C3C1=O. The Balaban J connectivity index is 1.46. The molecule has 0 aliphatic carbocycles. The summed E-state index contributed by atoms with van der Waals surface area (Å²) in [5, 5.41) is 10.3. The molecule has 2 aromatic rings. The number of aliphatic hydroxyl groups is 1. The molecule has 7 nitrogen and oxygen atoms in total. The number of hydrogen-bond donors (Lipinski definition) is 1. The highest BCUT2D eigenvalue weighted by atomic mass is 32.2. The van der Waals surface area contributed by atoms with Gasteiger partial charge in [0.25, 0.3) is 5.91 Å². The molecule has 0 aromatic heterocycles. The lowest BCUT2D eigenvalue weighted by Gasteiger charge is -2.40. The second-order valence-electron chi connectivity index (χ2n) is 12.3. The average Bonchev–Trinajstić information content (AvgIpc) is 3.28.